The van der Waals surface area contributed by atoms with Crippen molar-refractivity contribution < 1.29 is 19.7 Å². The summed E-state index contributed by atoms with van der Waals surface area (Å²) in [6.07, 6.45) is -0.645. The van der Waals surface area contributed by atoms with Crippen molar-refractivity contribution >= 4 is 11.8 Å². The molecule has 0 bridgehead atoms. The molecule has 1 heterocycles. The summed E-state index contributed by atoms with van der Waals surface area (Å²) >= 11 is 1.56. The van der Waals surface area contributed by atoms with Crippen LogP contribution in [0.25, 0.3) is 0 Å². The van der Waals surface area contributed by atoms with E-state index in [2.05, 4.69) is 0 Å². The molecule has 1 aromatic carbocycles. The third kappa shape index (κ3) is 3.94. The molecule has 1 saturated heterocycles. The predicted octanol–water partition coefficient (Wildman–Crippen LogP) is 1.36. The maximum Gasteiger partial charge on any atom is 0.192 e. The summed E-state index contributed by atoms with van der Waals surface area (Å²) in [5.74, 6) is 0.583. The van der Waals surface area contributed by atoms with Gasteiger partial charge in [0.1, 0.15) is 0 Å². The SMILES string of the molecule is CC1(c2ccccc2)OCC(CSCC(O)CO)O1. The Kier molecular flexibility index (Phi) is 5.24. The number of rotatable bonds is 6. The zero-order valence-electron chi connectivity index (χ0n) is 11.0. The largest absolute Gasteiger partial charge is 0.394 e. The van der Waals surface area contributed by atoms with E-state index in [4.69, 9.17) is 14.6 Å². The van der Waals surface area contributed by atoms with Crippen molar-refractivity contribution in [3.63, 3.8) is 0 Å². The van der Waals surface area contributed by atoms with Gasteiger partial charge in [-0.25, -0.2) is 0 Å². The summed E-state index contributed by atoms with van der Waals surface area (Å²) < 4.78 is 11.7. The molecule has 2 N–H and O–H groups in total. The average molecular weight is 284 g/mol. The van der Waals surface area contributed by atoms with Crippen LogP contribution in [0.15, 0.2) is 30.3 Å². The molecule has 0 saturated carbocycles. The molecular weight excluding hydrogens is 264 g/mol. The van der Waals surface area contributed by atoms with Crippen molar-refractivity contribution in [2.24, 2.45) is 0 Å². The van der Waals surface area contributed by atoms with Crippen LogP contribution in [0.2, 0.25) is 0 Å². The number of hydrogen-bond donors (Lipinski definition) is 2. The van der Waals surface area contributed by atoms with Crippen LogP contribution in [0.5, 0.6) is 0 Å². The van der Waals surface area contributed by atoms with Gasteiger partial charge in [0, 0.05) is 17.1 Å². The summed E-state index contributed by atoms with van der Waals surface area (Å²) in [5, 5.41) is 18.0. The average Bonchev–Trinajstić information content (AvgIpc) is 2.83. The van der Waals surface area contributed by atoms with Crippen LogP contribution in [-0.4, -0.2) is 47.1 Å². The number of thioether (sulfide) groups is 1. The molecule has 1 aliphatic heterocycles. The number of benzene rings is 1. The van der Waals surface area contributed by atoms with E-state index in [1.165, 1.54) is 0 Å². The first-order valence-electron chi connectivity index (χ1n) is 6.38. The standard InChI is InChI=1S/C14H20O4S/c1-14(11-5-3-2-4-6-11)17-8-13(18-14)10-19-9-12(16)7-15/h2-6,12-13,15-16H,7-10H2,1H3. The fourth-order valence-corrected chi connectivity index (χ4v) is 2.94. The van der Waals surface area contributed by atoms with Crippen LogP contribution >= 0.6 is 11.8 Å². The minimum absolute atomic E-state index is 0.0149. The van der Waals surface area contributed by atoms with Crippen molar-refractivity contribution in [2.75, 3.05) is 24.7 Å². The summed E-state index contributed by atoms with van der Waals surface area (Å²) in [7, 11) is 0. The number of ether oxygens (including phenoxy) is 2. The quantitative estimate of drug-likeness (QED) is 0.826. The van der Waals surface area contributed by atoms with Crippen molar-refractivity contribution in [3.8, 4) is 0 Å². The predicted molar refractivity (Wildman–Crippen MR) is 75.0 cm³/mol. The molecule has 0 aromatic heterocycles. The number of aliphatic hydroxyl groups excluding tert-OH is 2. The Hall–Kier alpha value is -0.590. The van der Waals surface area contributed by atoms with E-state index in [0.717, 1.165) is 11.3 Å². The lowest BCUT2D eigenvalue weighted by Gasteiger charge is -2.23. The van der Waals surface area contributed by atoms with E-state index in [-0.39, 0.29) is 12.7 Å². The van der Waals surface area contributed by atoms with Crippen LogP contribution < -0.4 is 0 Å². The van der Waals surface area contributed by atoms with Gasteiger partial charge in [-0.1, -0.05) is 30.3 Å². The van der Waals surface area contributed by atoms with Gasteiger partial charge in [-0.05, 0) is 6.92 Å². The zero-order chi connectivity index (χ0) is 13.7. The van der Waals surface area contributed by atoms with E-state index in [9.17, 15) is 5.11 Å². The highest BCUT2D eigenvalue weighted by molar-refractivity contribution is 7.99. The van der Waals surface area contributed by atoms with Gasteiger partial charge in [-0.3, -0.25) is 0 Å². The van der Waals surface area contributed by atoms with Gasteiger partial charge < -0.3 is 19.7 Å². The maximum absolute atomic E-state index is 9.27. The van der Waals surface area contributed by atoms with E-state index < -0.39 is 11.9 Å². The molecule has 0 spiro atoms. The third-order valence-electron chi connectivity index (χ3n) is 3.06. The second-order valence-electron chi connectivity index (χ2n) is 4.74. The van der Waals surface area contributed by atoms with Crippen molar-refractivity contribution in [1.29, 1.82) is 0 Å². The normalized spacial score (nSPS) is 28.5. The van der Waals surface area contributed by atoms with Crippen molar-refractivity contribution in [3.05, 3.63) is 35.9 Å². The molecule has 3 atom stereocenters. The number of hydrogen-bond acceptors (Lipinski definition) is 5. The molecule has 1 fully saturated rings. The molecule has 0 amide bonds. The van der Waals surface area contributed by atoms with Gasteiger partial charge >= 0.3 is 0 Å². The maximum atomic E-state index is 9.27. The Balaban J connectivity index is 1.83. The molecule has 5 heteroatoms. The molecule has 2 rings (SSSR count). The topological polar surface area (TPSA) is 58.9 Å². The lowest BCUT2D eigenvalue weighted by molar-refractivity contribution is -0.159. The highest BCUT2D eigenvalue weighted by atomic mass is 32.2. The summed E-state index contributed by atoms with van der Waals surface area (Å²) in [5.41, 5.74) is 1.01. The fourth-order valence-electron chi connectivity index (χ4n) is 2.00. The van der Waals surface area contributed by atoms with Crippen LogP contribution in [-0.2, 0) is 15.3 Å². The molecule has 0 radical (unpaired) electrons. The van der Waals surface area contributed by atoms with E-state index in [0.29, 0.717) is 12.4 Å². The molecule has 1 aromatic rings. The van der Waals surface area contributed by atoms with Gasteiger partial charge in [-0.15, -0.1) is 0 Å². The van der Waals surface area contributed by atoms with Gasteiger partial charge in [0.15, 0.2) is 5.79 Å². The van der Waals surface area contributed by atoms with Gasteiger partial charge in [-0.2, -0.15) is 11.8 Å². The number of aliphatic hydroxyl groups is 2. The van der Waals surface area contributed by atoms with Gasteiger partial charge in [0.25, 0.3) is 0 Å². The van der Waals surface area contributed by atoms with E-state index in [1.54, 1.807) is 11.8 Å². The Morgan fingerprint density at radius 1 is 1.42 bits per heavy atom. The lowest BCUT2D eigenvalue weighted by atomic mass is 10.1. The molecule has 0 aliphatic carbocycles. The Morgan fingerprint density at radius 2 is 2.16 bits per heavy atom. The van der Waals surface area contributed by atoms with Gasteiger partial charge in [0.05, 0.1) is 25.4 Å². The Labute approximate surface area is 117 Å². The van der Waals surface area contributed by atoms with Crippen LogP contribution in [0, 0.1) is 0 Å². The first-order valence-corrected chi connectivity index (χ1v) is 7.53. The van der Waals surface area contributed by atoms with Crippen molar-refractivity contribution in [2.45, 2.75) is 24.9 Å². The zero-order valence-corrected chi connectivity index (χ0v) is 11.8. The molecule has 19 heavy (non-hydrogen) atoms. The summed E-state index contributed by atoms with van der Waals surface area (Å²) in [6.45, 7) is 2.28. The third-order valence-corrected chi connectivity index (χ3v) is 4.29. The Morgan fingerprint density at radius 3 is 2.84 bits per heavy atom. The minimum Gasteiger partial charge on any atom is -0.394 e. The summed E-state index contributed by atoms with van der Waals surface area (Å²) in [6, 6.07) is 9.88. The van der Waals surface area contributed by atoms with E-state index in [1.807, 2.05) is 37.3 Å². The minimum atomic E-state index is -0.678. The summed E-state index contributed by atoms with van der Waals surface area (Å²) in [4.78, 5) is 0. The molecule has 3 unspecified atom stereocenters. The molecule has 4 nitrogen and oxygen atoms in total. The molecule has 106 valence electrons. The lowest BCUT2D eigenvalue weighted by Crippen LogP contribution is -2.25. The smallest absolute Gasteiger partial charge is 0.192 e. The molecular formula is C14H20O4S. The second-order valence-corrected chi connectivity index (χ2v) is 5.81. The van der Waals surface area contributed by atoms with E-state index >= 15 is 0 Å². The van der Waals surface area contributed by atoms with Gasteiger partial charge in [0.2, 0.25) is 0 Å². The van der Waals surface area contributed by atoms with Crippen LogP contribution in [0.3, 0.4) is 0 Å². The monoisotopic (exact) mass is 284 g/mol. The fraction of sp³-hybridized carbons (Fsp3) is 0.571. The molecule has 1 aliphatic rings. The highest BCUT2D eigenvalue weighted by Crippen LogP contribution is 2.34. The second kappa shape index (κ2) is 6.72. The first kappa shape index (κ1) is 14.8. The van der Waals surface area contributed by atoms with Crippen molar-refractivity contribution in [1.82, 2.24) is 0 Å². The first-order chi connectivity index (χ1) is 9.14. The Bertz CT molecular complexity index is 386. The highest BCUT2D eigenvalue weighted by Gasteiger charge is 2.38. The van der Waals surface area contributed by atoms with Crippen LogP contribution in [0.4, 0.5) is 0 Å². The van der Waals surface area contributed by atoms with Crippen LogP contribution in [0.1, 0.15) is 12.5 Å².